The lowest BCUT2D eigenvalue weighted by Gasteiger charge is -2.12. The Hall–Kier alpha value is -2.73. The number of thiocarbonyl (C=S) groups is 1. The van der Waals surface area contributed by atoms with Crippen LogP contribution in [-0.4, -0.2) is 15.3 Å². The number of hydrogen-bond acceptors (Lipinski definition) is 4. The van der Waals surface area contributed by atoms with E-state index >= 15 is 0 Å². The lowest BCUT2D eigenvalue weighted by molar-refractivity contribution is 0.376. The van der Waals surface area contributed by atoms with Crippen LogP contribution in [0.1, 0.15) is 22.6 Å². The van der Waals surface area contributed by atoms with Crippen molar-refractivity contribution in [3.05, 3.63) is 65.0 Å². The van der Waals surface area contributed by atoms with Crippen molar-refractivity contribution in [2.75, 3.05) is 5.32 Å². The molecule has 0 unspecified atom stereocenters. The van der Waals surface area contributed by atoms with E-state index in [9.17, 15) is 0 Å². The highest BCUT2D eigenvalue weighted by Gasteiger charge is 2.09. The maximum absolute atomic E-state index is 5.34. The molecule has 0 aliphatic carbocycles. The highest BCUT2D eigenvalue weighted by molar-refractivity contribution is 7.80. The summed E-state index contributed by atoms with van der Waals surface area (Å²) in [6.07, 6.45) is 0. The number of aryl methyl sites for hydroxylation is 3. The fourth-order valence-electron chi connectivity index (χ4n) is 2.42. The quantitative estimate of drug-likeness (QED) is 0.688. The maximum atomic E-state index is 5.34. The second-order valence-corrected chi connectivity index (χ2v) is 6.42. The molecule has 0 aliphatic rings. The molecular weight excluding hydrogens is 332 g/mol. The number of rotatable bonds is 4. The van der Waals surface area contributed by atoms with Crippen LogP contribution in [0.4, 0.5) is 5.69 Å². The summed E-state index contributed by atoms with van der Waals surface area (Å²) in [4.78, 5) is 4.40. The fraction of sp³-hybridized carbons (Fsp3) is 0.211. The molecule has 6 heteroatoms. The van der Waals surface area contributed by atoms with Gasteiger partial charge in [0.1, 0.15) is 0 Å². The SMILES string of the molecule is Cc1cccc(-c2noc(CNC(=S)Nc3cc(C)ccc3C)n2)c1. The van der Waals surface area contributed by atoms with E-state index < -0.39 is 0 Å². The highest BCUT2D eigenvalue weighted by atomic mass is 32.1. The van der Waals surface area contributed by atoms with Crippen molar-refractivity contribution in [1.82, 2.24) is 15.5 Å². The standard InChI is InChI=1S/C19H20N4OS/c1-12-5-4-6-15(9-12)18-22-17(24-23-18)11-20-19(25)21-16-10-13(2)7-8-14(16)3/h4-10H,11H2,1-3H3,(H2,20,21,25). The molecule has 2 aromatic carbocycles. The number of anilines is 1. The van der Waals surface area contributed by atoms with E-state index in [1.54, 1.807) is 0 Å². The molecule has 0 aliphatic heterocycles. The molecule has 2 N–H and O–H groups in total. The van der Waals surface area contributed by atoms with E-state index in [0.717, 1.165) is 22.4 Å². The summed E-state index contributed by atoms with van der Waals surface area (Å²) in [6, 6.07) is 14.2. The molecule has 3 aromatic rings. The third-order valence-corrected chi connectivity index (χ3v) is 4.03. The van der Waals surface area contributed by atoms with Gasteiger partial charge >= 0.3 is 0 Å². The van der Waals surface area contributed by atoms with Gasteiger partial charge < -0.3 is 15.2 Å². The van der Waals surface area contributed by atoms with Gasteiger partial charge in [-0.25, -0.2) is 0 Å². The summed E-state index contributed by atoms with van der Waals surface area (Å²) >= 11 is 5.34. The Morgan fingerprint density at radius 1 is 1.08 bits per heavy atom. The third-order valence-electron chi connectivity index (χ3n) is 3.79. The van der Waals surface area contributed by atoms with Gasteiger partial charge in [-0.1, -0.05) is 41.1 Å². The second kappa shape index (κ2) is 7.44. The van der Waals surface area contributed by atoms with Crippen LogP contribution < -0.4 is 10.6 Å². The summed E-state index contributed by atoms with van der Waals surface area (Å²) in [6.45, 7) is 6.49. The minimum atomic E-state index is 0.371. The van der Waals surface area contributed by atoms with Gasteiger partial charge in [0.2, 0.25) is 11.7 Å². The number of nitrogens with one attached hydrogen (secondary N) is 2. The first-order chi connectivity index (χ1) is 12.0. The average Bonchev–Trinajstić information content (AvgIpc) is 3.05. The van der Waals surface area contributed by atoms with Crippen molar-refractivity contribution in [3.63, 3.8) is 0 Å². The molecule has 25 heavy (non-hydrogen) atoms. The Labute approximate surface area is 152 Å². The Balaban J connectivity index is 1.60. The van der Waals surface area contributed by atoms with Crippen molar-refractivity contribution in [2.45, 2.75) is 27.3 Å². The molecule has 3 rings (SSSR count). The van der Waals surface area contributed by atoms with Crippen LogP contribution in [0.15, 0.2) is 47.0 Å². The van der Waals surface area contributed by atoms with Gasteiger partial charge in [-0.3, -0.25) is 0 Å². The predicted molar refractivity (Wildman–Crippen MR) is 103 cm³/mol. The van der Waals surface area contributed by atoms with Crippen LogP contribution in [0.5, 0.6) is 0 Å². The summed E-state index contributed by atoms with van der Waals surface area (Å²) in [5.41, 5.74) is 5.39. The molecule has 0 radical (unpaired) electrons. The summed E-state index contributed by atoms with van der Waals surface area (Å²) in [7, 11) is 0. The second-order valence-electron chi connectivity index (χ2n) is 6.01. The Morgan fingerprint density at radius 2 is 1.88 bits per heavy atom. The van der Waals surface area contributed by atoms with E-state index in [1.807, 2.05) is 45.0 Å². The minimum Gasteiger partial charge on any atom is -0.353 e. The Bertz CT molecular complexity index is 904. The van der Waals surface area contributed by atoms with Gasteiger partial charge in [0, 0.05) is 11.3 Å². The van der Waals surface area contributed by atoms with Crippen LogP contribution in [0.2, 0.25) is 0 Å². The topological polar surface area (TPSA) is 63.0 Å². The first kappa shape index (κ1) is 17.1. The average molecular weight is 352 g/mol. The third kappa shape index (κ3) is 4.42. The number of hydrogen-bond donors (Lipinski definition) is 2. The van der Waals surface area contributed by atoms with E-state index in [1.165, 1.54) is 5.56 Å². The summed E-state index contributed by atoms with van der Waals surface area (Å²) in [5.74, 6) is 1.07. The van der Waals surface area contributed by atoms with Crippen molar-refractivity contribution in [3.8, 4) is 11.4 Å². The van der Waals surface area contributed by atoms with Crippen molar-refractivity contribution < 1.29 is 4.52 Å². The highest BCUT2D eigenvalue weighted by Crippen LogP contribution is 2.18. The molecule has 1 heterocycles. The van der Waals surface area contributed by atoms with Gasteiger partial charge in [-0.05, 0) is 56.2 Å². The fourth-order valence-corrected chi connectivity index (χ4v) is 2.60. The molecule has 5 nitrogen and oxygen atoms in total. The van der Waals surface area contributed by atoms with E-state index in [2.05, 4.69) is 39.0 Å². The van der Waals surface area contributed by atoms with Gasteiger partial charge in [0.05, 0.1) is 6.54 Å². The molecule has 0 saturated heterocycles. The summed E-state index contributed by atoms with van der Waals surface area (Å²) < 4.78 is 5.29. The van der Waals surface area contributed by atoms with E-state index in [4.69, 9.17) is 16.7 Å². The number of aromatic nitrogens is 2. The molecule has 0 spiro atoms. The summed E-state index contributed by atoms with van der Waals surface area (Å²) in [5, 5.41) is 10.8. The number of benzene rings is 2. The Morgan fingerprint density at radius 3 is 2.68 bits per heavy atom. The zero-order valence-electron chi connectivity index (χ0n) is 14.5. The number of nitrogens with zero attached hydrogens (tertiary/aromatic N) is 2. The zero-order chi connectivity index (χ0) is 17.8. The molecule has 0 amide bonds. The molecule has 128 valence electrons. The molecule has 1 aromatic heterocycles. The maximum Gasteiger partial charge on any atom is 0.246 e. The first-order valence-electron chi connectivity index (χ1n) is 8.03. The van der Waals surface area contributed by atoms with Crippen molar-refractivity contribution >= 4 is 23.0 Å². The molecule has 0 atom stereocenters. The van der Waals surface area contributed by atoms with Crippen LogP contribution in [0.3, 0.4) is 0 Å². The lowest BCUT2D eigenvalue weighted by atomic mass is 10.1. The normalized spacial score (nSPS) is 10.5. The predicted octanol–water partition coefficient (Wildman–Crippen LogP) is 4.15. The minimum absolute atomic E-state index is 0.371. The van der Waals surface area contributed by atoms with E-state index in [0.29, 0.717) is 23.4 Å². The molecular formula is C19H20N4OS. The zero-order valence-corrected chi connectivity index (χ0v) is 15.3. The van der Waals surface area contributed by atoms with Crippen molar-refractivity contribution in [1.29, 1.82) is 0 Å². The van der Waals surface area contributed by atoms with Crippen LogP contribution in [-0.2, 0) is 6.54 Å². The first-order valence-corrected chi connectivity index (χ1v) is 8.44. The van der Waals surface area contributed by atoms with Gasteiger partial charge in [-0.15, -0.1) is 0 Å². The Kier molecular flexibility index (Phi) is 5.09. The smallest absolute Gasteiger partial charge is 0.246 e. The van der Waals surface area contributed by atoms with E-state index in [-0.39, 0.29) is 0 Å². The molecule has 0 fully saturated rings. The molecule has 0 saturated carbocycles. The van der Waals surface area contributed by atoms with Crippen molar-refractivity contribution in [2.24, 2.45) is 0 Å². The van der Waals surface area contributed by atoms with Gasteiger partial charge in [0.15, 0.2) is 5.11 Å². The van der Waals surface area contributed by atoms with Crippen LogP contribution in [0.25, 0.3) is 11.4 Å². The van der Waals surface area contributed by atoms with Crippen LogP contribution in [0, 0.1) is 20.8 Å². The van der Waals surface area contributed by atoms with Gasteiger partial charge in [0.25, 0.3) is 0 Å². The lowest BCUT2D eigenvalue weighted by Crippen LogP contribution is -2.28. The largest absolute Gasteiger partial charge is 0.353 e. The van der Waals surface area contributed by atoms with Crippen LogP contribution >= 0.6 is 12.2 Å². The monoisotopic (exact) mass is 352 g/mol. The van der Waals surface area contributed by atoms with Gasteiger partial charge in [-0.2, -0.15) is 4.98 Å². The molecule has 0 bridgehead atoms.